The highest BCUT2D eigenvalue weighted by Crippen LogP contribution is 2.25. The number of carbonyl (C=O) groups excluding carboxylic acids is 1. The van der Waals surface area contributed by atoms with Gasteiger partial charge in [0.25, 0.3) is 11.5 Å². The minimum absolute atomic E-state index is 0.00286. The monoisotopic (exact) mass is 427 g/mol. The number of nitrogens with one attached hydrogen (secondary N) is 2. The van der Waals surface area contributed by atoms with Crippen LogP contribution in [0.3, 0.4) is 0 Å². The van der Waals surface area contributed by atoms with E-state index in [2.05, 4.69) is 10.3 Å². The normalized spacial score (nSPS) is 10.7. The second-order valence-corrected chi connectivity index (χ2v) is 6.58. The van der Waals surface area contributed by atoms with Crippen LogP contribution in [-0.4, -0.2) is 15.5 Å². The van der Waals surface area contributed by atoms with Gasteiger partial charge in [0.05, 0.1) is 21.4 Å². The predicted octanol–water partition coefficient (Wildman–Crippen LogP) is 3.88. The molecule has 1 amide bonds. The molecular weight excluding hydrogens is 420 g/mol. The van der Waals surface area contributed by atoms with Gasteiger partial charge >= 0.3 is 5.69 Å². The Balaban J connectivity index is 2.06. The Kier molecular flexibility index (Phi) is 5.36. The fourth-order valence-electron chi connectivity index (χ4n) is 2.28. The Labute approximate surface area is 166 Å². The van der Waals surface area contributed by atoms with E-state index >= 15 is 0 Å². The number of halogens is 4. The van der Waals surface area contributed by atoms with Crippen LogP contribution in [0.15, 0.2) is 52.2 Å². The molecular formula is C17H9Cl3FN3O3. The number of H-pyrrole nitrogens is 1. The molecule has 0 radical (unpaired) electrons. The summed E-state index contributed by atoms with van der Waals surface area (Å²) in [6.07, 6.45) is 0.972. The van der Waals surface area contributed by atoms with Gasteiger partial charge in [-0.05, 0) is 36.4 Å². The molecule has 1 heterocycles. The predicted molar refractivity (Wildman–Crippen MR) is 102 cm³/mol. The summed E-state index contributed by atoms with van der Waals surface area (Å²) in [5, 5.41) is 2.71. The molecule has 0 aliphatic rings. The zero-order valence-electron chi connectivity index (χ0n) is 13.2. The summed E-state index contributed by atoms with van der Waals surface area (Å²) in [5.41, 5.74) is -1.91. The second-order valence-electron chi connectivity index (χ2n) is 5.32. The third-order valence-electron chi connectivity index (χ3n) is 3.56. The Bertz CT molecular complexity index is 1170. The number of aromatic amines is 1. The van der Waals surface area contributed by atoms with E-state index in [1.165, 1.54) is 24.3 Å². The average Bonchev–Trinajstić information content (AvgIpc) is 2.61. The van der Waals surface area contributed by atoms with Gasteiger partial charge in [0, 0.05) is 11.2 Å². The third kappa shape index (κ3) is 3.90. The lowest BCUT2D eigenvalue weighted by Gasteiger charge is -2.10. The highest BCUT2D eigenvalue weighted by molar-refractivity contribution is 6.35. The number of anilines is 1. The maximum atomic E-state index is 13.3. The molecule has 3 aromatic rings. The SMILES string of the molecule is O=C(Nc1cc(Cl)ccc1Cl)c1c[nH]c(=O)n(-c2ccc(F)c(Cl)c2)c1=O. The Morgan fingerprint density at radius 1 is 1.04 bits per heavy atom. The van der Waals surface area contributed by atoms with Crippen molar-refractivity contribution < 1.29 is 9.18 Å². The van der Waals surface area contributed by atoms with Crippen LogP contribution in [0.1, 0.15) is 10.4 Å². The van der Waals surface area contributed by atoms with Gasteiger partial charge in [-0.3, -0.25) is 9.59 Å². The maximum Gasteiger partial charge on any atom is 0.333 e. The molecule has 0 aliphatic carbocycles. The van der Waals surface area contributed by atoms with Gasteiger partial charge in [0.1, 0.15) is 11.4 Å². The molecule has 2 aromatic carbocycles. The topological polar surface area (TPSA) is 84.0 Å². The fourth-order valence-corrected chi connectivity index (χ4v) is 2.79. The molecule has 0 aliphatic heterocycles. The van der Waals surface area contributed by atoms with E-state index in [0.29, 0.717) is 9.59 Å². The van der Waals surface area contributed by atoms with Gasteiger partial charge in [-0.15, -0.1) is 0 Å². The number of rotatable bonds is 3. The van der Waals surface area contributed by atoms with Crippen LogP contribution >= 0.6 is 34.8 Å². The van der Waals surface area contributed by atoms with Crippen LogP contribution in [0.5, 0.6) is 0 Å². The Hall–Kier alpha value is -2.61. The van der Waals surface area contributed by atoms with Crippen molar-refractivity contribution in [3.63, 3.8) is 0 Å². The smallest absolute Gasteiger partial charge is 0.320 e. The minimum Gasteiger partial charge on any atom is -0.320 e. The van der Waals surface area contributed by atoms with E-state index < -0.39 is 23.0 Å². The highest BCUT2D eigenvalue weighted by atomic mass is 35.5. The number of amides is 1. The lowest BCUT2D eigenvalue weighted by atomic mass is 10.2. The molecule has 10 heteroatoms. The highest BCUT2D eigenvalue weighted by Gasteiger charge is 2.17. The molecule has 0 saturated heterocycles. The van der Waals surface area contributed by atoms with Crippen molar-refractivity contribution in [2.45, 2.75) is 0 Å². The van der Waals surface area contributed by atoms with E-state index in [1.54, 1.807) is 0 Å². The first-order valence-corrected chi connectivity index (χ1v) is 8.48. The minimum atomic E-state index is -0.919. The number of hydrogen-bond donors (Lipinski definition) is 2. The van der Waals surface area contributed by atoms with Crippen LogP contribution in [0.4, 0.5) is 10.1 Å². The number of carbonyl (C=O) groups is 1. The van der Waals surface area contributed by atoms with Crippen molar-refractivity contribution in [3.8, 4) is 5.69 Å². The first-order chi connectivity index (χ1) is 12.8. The van der Waals surface area contributed by atoms with Crippen molar-refractivity contribution in [2.24, 2.45) is 0 Å². The summed E-state index contributed by atoms with van der Waals surface area (Å²) in [6, 6.07) is 7.71. The van der Waals surface area contributed by atoms with Crippen LogP contribution in [0.2, 0.25) is 15.1 Å². The molecule has 0 atom stereocenters. The van der Waals surface area contributed by atoms with Crippen molar-refractivity contribution in [2.75, 3.05) is 5.32 Å². The number of nitrogens with zero attached hydrogens (tertiary/aromatic N) is 1. The van der Waals surface area contributed by atoms with Crippen LogP contribution < -0.4 is 16.6 Å². The quantitative estimate of drug-likeness (QED) is 0.664. The van der Waals surface area contributed by atoms with E-state index in [0.717, 1.165) is 18.3 Å². The average molecular weight is 429 g/mol. The molecule has 27 heavy (non-hydrogen) atoms. The summed E-state index contributed by atoms with van der Waals surface area (Å²) in [5.74, 6) is -1.53. The maximum absolute atomic E-state index is 13.3. The lowest BCUT2D eigenvalue weighted by molar-refractivity contribution is 0.102. The van der Waals surface area contributed by atoms with Crippen molar-refractivity contribution in [1.29, 1.82) is 0 Å². The summed E-state index contributed by atoms with van der Waals surface area (Å²) < 4.78 is 14.0. The first kappa shape index (κ1) is 19.2. The van der Waals surface area contributed by atoms with Crippen LogP contribution in [0.25, 0.3) is 5.69 Å². The zero-order chi connectivity index (χ0) is 19.7. The molecule has 0 bridgehead atoms. The van der Waals surface area contributed by atoms with Gasteiger partial charge in [-0.25, -0.2) is 13.8 Å². The van der Waals surface area contributed by atoms with Gasteiger partial charge in [-0.2, -0.15) is 0 Å². The summed E-state index contributed by atoms with van der Waals surface area (Å²) >= 11 is 17.6. The number of hydrogen-bond acceptors (Lipinski definition) is 3. The number of benzene rings is 2. The summed E-state index contributed by atoms with van der Waals surface area (Å²) in [6.45, 7) is 0. The summed E-state index contributed by atoms with van der Waals surface area (Å²) in [7, 11) is 0. The fraction of sp³-hybridized carbons (Fsp3) is 0. The lowest BCUT2D eigenvalue weighted by Crippen LogP contribution is -2.38. The molecule has 6 nitrogen and oxygen atoms in total. The van der Waals surface area contributed by atoms with E-state index in [-0.39, 0.29) is 27.0 Å². The third-order valence-corrected chi connectivity index (χ3v) is 4.41. The second kappa shape index (κ2) is 7.56. The van der Waals surface area contributed by atoms with Gasteiger partial charge in [0.2, 0.25) is 0 Å². The molecule has 2 N–H and O–H groups in total. The van der Waals surface area contributed by atoms with E-state index in [4.69, 9.17) is 34.8 Å². The molecule has 3 rings (SSSR count). The van der Waals surface area contributed by atoms with Crippen molar-refractivity contribution in [3.05, 3.63) is 89.9 Å². The van der Waals surface area contributed by atoms with Crippen molar-refractivity contribution in [1.82, 2.24) is 9.55 Å². The Morgan fingerprint density at radius 3 is 2.48 bits per heavy atom. The summed E-state index contributed by atoms with van der Waals surface area (Å²) in [4.78, 5) is 39.5. The van der Waals surface area contributed by atoms with E-state index in [1.807, 2.05) is 0 Å². The van der Waals surface area contributed by atoms with E-state index in [9.17, 15) is 18.8 Å². The van der Waals surface area contributed by atoms with Gasteiger partial charge in [-0.1, -0.05) is 34.8 Å². The molecule has 0 saturated carbocycles. The molecule has 138 valence electrons. The Morgan fingerprint density at radius 2 is 1.78 bits per heavy atom. The van der Waals surface area contributed by atoms with Gasteiger partial charge < -0.3 is 10.3 Å². The number of aromatic nitrogens is 2. The van der Waals surface area contributed by atoms with Crippen molar-refractivity contribution >= 4 is 46.4 Å². The standard InChI is InChI=1S/C17H9Cl3FN3O3/c18-8-1-3-11(19)14(5-8)23-15(25)10-7-22-17(27)24(16(10)26)9-2-4-13(21)12(20)6-9/h1-7H,(H,22,27)(H,23,25). The van der Waals surface area contributed by atoms with Crippen LogP contribution in [0, 0.1) is 5.82 Å². The molecule has 0 spiro atoms. The largest absolute Gasteiger partial charge is 0.333 e. The molecule has 0 fully saturated rings. The first-order valence-electron chi connectivity index (χ1n) is 7.34. The molecule has 1 aromatic heterocycles. The van der Waals surface area contributed by atoms with Gasteiger partial charge in [0.15, 0.2) is 0 Å². The van der Waals surface area contributed by atoms with Crippen LogP contribution in [-0.2, 0) is 0 Å². The molecule has 0 unspecified atom stereocenters. The zero-order valence-corrected chi connectivity index (χ0v) is 15.5.